The summed E-state index contributed by atoms with van der Waals surface area (Å²) < 4.78 is 2.17. The molecule has 0 saturated carbocycles. The normalized spacial score (nSPS) is 11.2. The summed E-state index contributed by atoms with van der Waals surface area (Å²) in [7, 11) is 0. The number of nitrogens with zero attached hydrogens (tertiary/aromatic N) is 2. The number of carbonyl (C=O) groups is 1. The molecule has 1 N–H and O–H groups in total. The van der Waals surface area contributed by atoms with Crippen LogP contribution in [0.4, 0.5) is 0 Å². The fourth-order valence-corrected chi connectivity index (χ4v) is 3.36. The minimum atomic E-state index is -0.348. The second-order valence-corrected chi connectivity index (χ2v) is 7.32. The van der Waals surface area contributed by atoms with Crippen LogP contribution in [-0.2, 0) is 6.42 Å². The minimum absolute atomic E-state index is 0.330. The fraction of sp³-hybridized carbons (Fsp3) is 0.182. The molecule has 28 heavy (non-hydrogen) atoms. The Morgan fingerprint density at radius 2 is 1.79 bits per heavy atom. The average Bonchev–Trinajstić information content (AvgIpc) is 2.97. The molecule has 144 valence electrons. The number of halogens is 2. The van der Waals surface area contributed by atoms with E-state index in [4.69, 9.17) is 23.2 Å². The highest BCUT2D eigenvalue weighted by Crippen LogP contribution is 2.23. The lowest BCUT2D eigenvalue weighted by Crippen LogP contribution is -2.17. The van der Waals surface area contributed by atoms with Crippen molar-refractivity contribution in [2.75, 3.05) is 0 Å². The lowest BCUT2D eigenvalue weighted by Gasteiger charge is -2.10. The van der Waals surface area contributed by atoms with Gasteiger partial charge in [0.2, 0.25) is 0 Å². The average molecular weight is 414 g/mol. The van der Waals surface area contributed by atoms with Gasteiger partial charge in [0.05, 0.1) is 16.3 Å². The molecule has 6 heteroatoms. The Morgan fingerprint density at radius 3 is 2.43 bits per heavy atom. The zero-order valence-corrected chi connectivity index (χ0v) is 17.5. The van der Waals surface area contributed by atoms with E-state index in [1.54, 1.807) is 18.3 Å². The monoisotopic (exact) mass is 413 g/mol. The molecule has 0 aliphatic heterocycles. The summed E-state index contributed by atoms with van der Waals surface area (Å²) in [5.41, 5.74) is 8.41. The van der Waals surface area contributed by atoms with Gasteiger partial charge in [-0.3, -0.25) is 4.79 Å². The molecule has 0 radical (unpaired) electrons. The number of nitrogens with one attached hydrogen (secondary N) is 1. The highest BCUT2D eigenvalue weighted by Gasteiger charge is 2.10. The molecule has 3 rings (SSSR count). The van der Waals surface area contributed by atoms with Crippen molar-refractivity contribution in [3.63, 3.8) is 0 Å². The number of hydrazone groups is 1. The highest BCUT2D eigenvalue weighted by atomic mass is 35.5. The molecule has 0 bridgehead atoms. The first-order valence-electron chi connectivity index (χ1n) is 8.97. The van der Waals surface area contributed by atoms with Gasteiger partial charge in [0.1, 0.15) is 0 Å². The lowest BCUT2D eigenvalue weighted by molar-refractivity contribution is 0.0955. The standard InChI is InChI=1S/C22H21Cl2N3O/c1-4-16-5-8-19(9-6-16)27-14(2)11-18(15(27)3)13-25-26-22(28)17-7-10-20(23)21(24)12-17/h5-13H,4H2,1-3H3,(H,26,28)/b25-13-. The van der Waals surface area contributed by atoms with Gasteiger partial charge in [0.25, 0.3) is 5.91 Å². The van der Waals surface area contributed by atoms with Crippen molar-refractivity contribution in [3.8, 4) is 5.69 Å². The van der Waals surface area contributed by atoms with Gasteiger partial charge in [-0.15, -0.1) is 0 Å². The first kappa shape index (κ1) is 20.2. The Bertz CT molecular complexity index is 1040. The van der Waals surface area contributed by atoms with Crippen LogP contribution in [0.25, 0.3) is 5.69 Å². The predicted molar refractivity (Wildman–Crippen MR) is 116 cm³/mol. The van der Waals surface area contributed by atoms with Crippen molar-refractivity contribution < 1.29 is 4.79 Å². The summed E-state index contributed by atoms with van der Waals surface area (Å²) in [6.45, 7) is 6.22. The van der Waals surface area contributed by atoms with Crippen LogP contribution in [0.3, 0.4) is 0 Å². The third-order valence-electron chi connectivity index (χ3n) is 4.62. The van der Waals surface area contributed by atoms with Crippen molar-refractivity contribution in [2.24, 2.45) is 5.10 Å². The number of rotatable bonds is 5. The first-order chi connectivity index (χ1) is 13.4. The van der Waals surface area contributed by atoms with Crippen LogP contribution in [0, 0.1) is 13.8 Å². The van der Waals surface area contributed by atoms with Gasteiger partial charge < -0.3 is 4.57 Å². The molecule has 3 aromatic rings. The van der Waals surface area contributed by atoms with Crippen molar-refractivity contribution in [1.29, 1.82) is 0 Å². The van der Waals surface area contributed by atoms with Crippen LogP contribution in [-0.4, -0.2) is 16.7 Å². The highest BCUT2D eigenvalue weighted by molar-refractivity contribution is 6.42. The van der Waals surface area contributed by atoms with E-state index in [0.717, 1.165) is 29.1 Å². The van der Waals surface area contributed by atoms with Crippen LogP contribution >= 0.6 is 23.2 Å². The molecule has 0 atom stereocenters. The zero-order chi connectivity index (χ0) is 20.3. The maximum absolute atomic E-state index is 12.2. The number of aryl methyl sites for hydroxylation is 2. The van der Waals surface area contributed by atoms with E-state index < -0.39 is 0 Å². The molecule has 1 aromatic heterocycles. The molecule has 0 spiro atoms. The van der Waals surface area contributed by atoms with Gasteiger partial charge in [-0.1, -0.05) is 42.3 Å². The van der Waals surface area contributed by atoms with Crippen molar-refractivity contribution >= 4 is 35.3 Å². The molecule has 4 nitrogen and oxygen atoms in total. The number of hydrogen-bond acceptors (Lipinski definition) is 2. The molecule has 0 unspecified atom stereocenters. The molecule has 2 aromatic carbocycles. The molecule has 0 fully saturated rings. The molecular formula is C22H21Cl2N3O. The quantitative estimate of drug-likeness (QED) is 0.421. The fourth-order valence-electron chi connectivity index (χ4n) is 3.06. The SMILES string of the molecule is CCc1ccc(-n2c(C)cc(/C=N\NC(=O)c3ccc(Cl)c(Cl)c3)c2C)cc1. The van der Waals surface area contributed by atoms with E-state index in [-0.39, 0.29) is 5.91 Å². The Labute approximate surface area is 174 Å². The van der Waals surface area contributed by atoms with Crippen LogP contribution in [0.5, 0.6) is 0 Å². The maximum atomic E-state index is 12.2. The van der Waals surface area contributed by atoms with Gasteiger partial charge in [-0.25, -0.2) is 5.43 Å². The smallest absolute Gasteiger partial charge is 0.271 e. The van der Waals surface area contributed by atoms with E-state index in [9.17, 15) is 4.79 Å². The largest absolute Gasteiger partial charge is 0.318 e. The van der Waals surface area contributed by atoms with E-state index in [1.165, 1.54) is 11.6 Å². The van der Waals surface area contributed by atoms with Gasteiger partial charge in [0, 0.05) is 28.2 Å². The van der Waals surface area contributed by atoms with E-state index in [0.29, 0.717) is 15.6 Å². The van der Waals surface area contributed by atoms with Gasteiger partial charge in [-0.05, 0) is 62.2 Å². The minimum Gasteiger partial charge on any atom is -0.318 e. The van der Waals surface area contributed by atoms with Crippen molar-refractivity contribution in [3.05, 3.63) is 86.7 Å². The van der Waals surface area contributed by atoms with Crippen LogP contribution < -0.4 is 5.43 Å². The third-order valence-corrected chi connectivity index (χ3v) is 5.36. The van der Waals surface area contributed by atoms with Gasteiger partial charge in [-0.2, -0.15) is 5.10 Å². The molecule has 0 aliphatic carbocycles. The second kappa shape index (κ2) is 8.63. The third kappa shape index (κ3) is 4.29. The molecule has 0 aliphatic rings. The Hall–Kier alpha value is -2.56. The topological polar surface area (TPSA) is 46.4 Å². The van der Waals surface area contributed by atoms with Crippen LogP contribution in [0.15, 0.2) is 53.6 Å². The Morgan fingerprint density at radius 1 is 1.07 bits per heavy atom. The molecule has 0 saturated heterocycles. The van der Waals surface area contributed by atoms with Crippen molar-refractivity contribution in [1.82, 2.24) is 9.99 Å². The van der Waals surface area contributed by atoms with Crippen LogP contribution in [0.1, 0.15) is 39.8 Å². The molecule has 1 amide bonds. The number of carbonyl (C=O) groups excluding carboxylic acids is 1. The number of benzene rings is 2. The number of amides is 1. The second-order valence-electron chi connectivity index (χ2n) is 6.51. The zero-order valence-electron chi connectivity index (χ0n) is 16.0. The van der Waals surface area contributed by atoms with E-state index in [2.05, 4.69) is 46.3 Å². The summed E-state index contributed by atoms with van der Waals surface area (Å²) in [6.07, 6.45) is 2.66. The molecule has 1 heterocycles. The lowest BCUT2D eigenvalue weighted by atomic mass is 10.1. The summed E-state index contributed by atoms with van der Waals surface area (Å²) in [4.78, 5) is 12.2. The summed E-state index contributed by atoms with van der Waals surface area (Å²) in [5.74, 6) is -0.348. The Kier molecular flexibility index (Phi) is 6.22. The van der Waals surface area contributed by atoms with Gasteiger partial charge >= 0.3 is 0 Å². The summed E-state index contributed by atoms with van der Waals surface area (Å²) >= 11 is 11.8. The molecular weight excluding hydrogens is 393 g/mol. The predicted octanol–water partition coefficient (Wildman–Crippen LogP) is 5.73. The van der Waals surface area contributed by atoms with Crippen molar-refractivity contribution in [2.45, 2.75) is 27.2 Å². The summed E-state index contributed by atoms with van der Waals surface area (Å²) in [5, 5.41) is 4.83. The summed E-state index contributed by atoms with van der Waals surface area (Å²) in [6, 6.07) is 15.2. The van der Waals surface area contributed by atoms with Gasteiger partial charge in [0.15, 0.2) is 0 Å². The first-order valence-corrected chi connectivity index (χ1v) is 9.73. The van der Waals surface area contributed by atoms with E-state index >= 15 is 0 Å². The number of aromatic nitrogens is 1. The maximum Gasteiger partial charge on any atom is 0.271 e. The van der Waals surface area contributed by atoms with Crippen LogP contribution in [0.2, 0.25) is 10.0 Å². The Balaban J connectivity index is 1.77. The van der Waals surface area contributed by atoms with E-state index in [1.807, 2.05) is 19.9 Å². The number of hydrogen-bond donors (Lipinski definition) is 1.